The van der Waals surface area contributed by atoms with E-state index in [0.29, 0.717) is 17.1 Å². The summed E-state index contributed by atoms with van der Waals surface area (Å²) < 4.78 is 27.2. The van der Waals surface area contributed by atoms with E-state index in [-0.39, 0.29) is 17.3 Å². The predicted octanol–water partition coefficient (Wildman–Crippen LogP) is 3.14. The molecule has 1 amide bonds. The van der Waals surface area contributed by atoms with Gasteiger partial charge in [0.15, 0.2) is 0 Å². The van der Waals surface area contributed by atoms with Crippen molar-refractivity contribution in [3.05, 3.63) is 94.8 Å². The Morgan fingerprint density at radius 1 is 0.964 bits per heavy atom. The van der Waals surface area contributed by atoms with Crippen LogP contribution in [0.15, 0.2) is 78.0 Å². The van der Waals surface area contributed by atoms with Gasteiger partial charge in [-0.25, -0.2) is 13.1 Å². The molecule has 144 valence electrons. The van der Waals surface area contributed by atoms with E-state index in [2.05, 4.69) is 15.0 Å². The van der Waals surface area contributed by atoms with Crippen LogP contribution in [0.25, 0.3) is 0 Å². The Hall–Kier alpha value is -2.74. The molecule has 6 nitrogen and oxygen atoms in total. The fraction of sp³-hybridized carbons (Fsp3) is 0.100. The SMILES string of the molecule is O=C(NCc1ccc(CNS(=O)(=O)c2cccc(Cl)c2)cc1)c1cccnc1. The Balaban J connectivity index is 1.55. The molecule has 0 fully saturated rings. The molecule has 0 saturated carbocycles. The van der Waals surface area contributed by atoms with Gasteiger partial charge in [-0.1, -0.05) is 41.9 Å². The summed E-state index contributed by atoms with van der Waals surface area (Å²) in [7, 11) is -3.64. The van der Waals surface area contributed by atoms with Gasteiger partial charge in [0.05, 0.1) is 10.5 Å². The van der Waals surface area contributed by atoms with Crippen LogP contribution in [0.5, 0.6) is 0 Å². The smallest absolute Gasteiger partial charge is 0.253 e. The predicted molar refractivity (Wildman–Crippen MR) is 107 cm³/mol. The first-order chi connectivity index (χ1) is 13.4. The molecular weight excluding hydrogens is 398 g/mol. The lowest BCUT2D eigenvalue weighted by Gasteiger charge is -2.09. The lowest BCUT2D eigenvalue weighted by Crippen LogP contribution is -2.23. The lowest BCUT2D eigenvalue weighted by molar-refractivity contribution is 0.0950. The van der Waals surface area contributed by atoms with Gasteiger partial charge in [-0.3, -0.25) is 9.78 Å². The molecule has 0 saturated heterocycles. The zero-order chi connectivity index (χ0) is 20.0. The standard InChI is InChI=1S/C20H18ClN3O3S/c21-18-4-1-5-19(11-18)28(26,27)24-13-16-8-6-15(7-9-16)12-23-20(25)17-3-2-10-22-14-17/h1-11,14,24H,12-13H2,(H,23,25). The summed E-state index contributed by atoms with van der Waals surface area (Å²) >= 11 is 5.85. The van der Waals surface area contributed by atoms with E-state index in [0.717, 1.165) is 11.1 Å². The van der Waals surface area contributed by atoms with Crippen molar-refractivity contribution in [2.75, 3.05) is 0 Å². The number of rotatable bonds is 7. The molecule has 0 aliphatic rings. The van der Waals surface area contributed by atoms with Gasteiger partial charge in [0.1, 0.15) is 0 Å². The summed E-state index contributed by atoms with van der Waals surface area (Å²) in [5, 5.41) is 3.18. The van der Waals surface area contributed by atoms with Gasteiger partial charge in [-0.2, -0.15) is 0 Å². The molecule has 3 aromatic rings. The number of amides is 1. The molecule has 0 spiro atoms. The third kappa shape index (κ3) is 5.39. The number of pyridine rings is 1. The minimum Gasteiger partial charge on any atom is -0.348 e. The number of nitrogens with one attached hydrogen (secondary N) is 2. The maximum Gasteiger partial charge on any atom is 0.253 e. The highest BCUT2D eigenvalue weighted by Crippen LogP contribution is 2.15. The largest absolute Gasteiger partial charge is 0.348 e. The van der Waals surface area contributed by atoms with Gasteiger partial charge >= 0.3 is 0 Å². The van der Waals surface area contributed by atoms with Crippen LogP contribution in [0.4, 0.5) is 0 Å². The Morgan fingerprint density at radius 3 is 2.32 bits per heavy atom. The van der Waals surface area contributed by atoms with Crippen molar-refractivity contribution in [1.82, 2.24) is 15.0 Å². The van der Waals surface area contributed by atoms with Crippen LogP contribution in [-0.4, -0.2) is 19.3 Å². The number of sulfonamides is 1. The summed E-state index contributed by atoms with van der Waals surface area (Å²) in [4.78, 5) is 16.1. The summed E-state index contributed by atoms with van der Waals surface area (Å²) in [5.74, 6) is -0.202. The molecule has 0 aliphatic heterocycles. The second-order valence-electron chi connectivity index (χ2n) is 6.02. The van der Waals surface area contributed by atoms with E-state index < -0.39 is 10.0 Å². The first-order valence-electron chi connectivity index (χ1n) is 8.45. The van der Waals surface area contributed by atoms with Gasteiger partial charge in [-0.15, -0.1) is 0 Å². The van der Waals surface area contributed by atoms with Crippen LogP contribution < -0.4 is 10.0 Å². The third-order valence-electron chi connectivity index (χ3n) is 3.97. The number of aromatic nitrogens is 1. The van der Waals surface area contributed by atoms with Crippen molar-refractivity contribution in [2.24, 2.45) is 0 Å². The van der Waals surface area contributed by atoms with Crippen molar-refractivity contribution in [2.45, 2.75) is 18.0 Å². The second kappa shape index (κ2) is 8.97. The first kappa shape index (κ1) is 20.0. The van der Waals surface area contributed by atoms with Gasteiger partial charge in [-0.05, 0) is 41.5 Å². The van der Waals surface area contributed by atoms with Crippen molar-refractivity contribution >= 4 is 27.5 Å². The maximum absolute atomic E-state index is 12.3. The molecule has 0 unspecified atom stereocenters. The van der Waals surface area contributed by atoms with Crippen LogP contribution in [0.1, 0.15) is 21.5 Å². The number of benzene rings is 2. The first-order valence-corrected chi connectivity index (χ1v) is 10.3. The average Bonchev–Trinajstić information content (AvgIpc) is 2.72. The molecular formula is C20H18ClN3O3S. The molecule has 8 heteroatoms. The van der Waals surface area contributed by atoms with Gasteiger partial charge < -0.3 is 5.32 Å². The number of halogens is 1. The van der Waals surface area contributed by atoms with Gasteiger partial charge in [0.25, 0.3) is 5.91 Å². The van der Waals surface area contributed by atoms with Crippen molar-refractivity contribution in [1.29, 1.82) is 0 Å². The lowest BCUT2D eigenvalue weighted by atomic mass is 10.1. The molecule has 1 heterocycles. The summed E-state index contributed by atoms with van der Waals surface area (Å²) in [6.07, 6.45) is 3.11. The maximum atomic E-state index is 12.3. The van der Waals surface area contributed by atoms with Crippen LogP contribution in [0, 0.1) is 0 Å². The van der Waals surface area contributed by atoms with E-state index >= 15 is 0 Å². The Bertz CT molecular complexity index is 1060. The topological polar surface area (TPSA) is 88.2 Å². The average molecular weight is 416 g/mol. The molecule has 0 atom stereocenters. The molecule has 0 radical (unpaired) electrons. The summed E-state index contributed by atoms with van der Waals surface area (Å²) in [6.45, 7) is 0.513. The normalized spacial score (nSPS) is 11.2. The molecule has 0 bridgehead atoms. The zero-order valence-electron chi connectivity index (χ0n) is 14.8. The highest BCUT2D eigenvalue weighted by molar-refractivity contribution is 7.89. The van der Waals surface area contributed by atoms with Crippen molar-refractivity contribution in [3.63, 3.8) is 0 Å². The van der Waals surface area contributed by atoms with E-state index in [9.17, 15) is 13.2 Å². The minimum absolute atomic E-state index is 0.120. The van der Waals surface area contributed by atoms with E-state index in [1.165, 1.54) is 18.3 Å². The van der Waals surface area contributed by atoms with Crippen LogP contribution in [-0.2, 0) is 23.1 Å². The van der Waals surface area contributed by atoms with E-state index in [4.69, 9.17) is 11.6 Å². The zero-order valence-corrected chi connectivity index (χ0v) is 16.4. The Labute approximate surface area is 168 Å². The number of hydrogen-bond donors (Lipinski definition) is 2. The highest BCUT2D eigenvalue weighted by atomic mass is 35.5. The fourth-order valence-electron chi connectivity index (χ4n) is 2.45. The highest BCUT2D eigenvalue weighted by Gasteiger charge is 2.13. The molecule has 1 aromatic heterocycles. The number of carbonyl (C=O) groups excluding carboxylic acids is 1. The monoisotopic (exact) mass is 415 g/mol. The quantitative estimate of drug-likeness (QED) is 0.620. The van der Waals surface area contributed by atoms with E-state index in [1.807, 2.05) is 24.3 Å². The number of hydrogen-bond acceptors (Lipinski definition) is 4. The molecule has 28 heavy (non-hydrogen) atoms. The molecule has 2 N–H and O–H groups in total. The van der Waals surface area contributed by atoms with Crippen LogP contribution in [0.2, 0.25) is 5.02 Å². The molecule has 0 aliphatic carbocycles. The fourth-order valence-corrected chi connectivity index (χ4v) is 3.77. The van der Waals surface area contributed by atoms with Gasteiger partial charge in [0, 0.05) is 30.5 Å². The van der Waals surface area contributed by atoms with Crippen molar-refractivity contribution in [3.8, 4) is 0 Å². The molecule has 2 aromatic carbocycles. The van der Waals surface area contributed by atoms with Crippen LogP contribution in [0.3, 0.4) is 0 Å². The minimum atomic E-state index is -3.64. The number of carbonyl (C=O) groups is 1. The van der Waals surface area contributed by atoms with Crippen molar-refractivity contribution < 1.29 is 13.2 Å². The summed E-state index contributed by atoms with van der Waals surface area (Å²) in [6, 6.07) is 16.8. The van der Waals surface area contributed by atoms with Gasteiger partial charge in [0.2, 0.25) is 10.0 Å². The second-order valence-corrected chi connectivity index (χ2v) is 8.23. The summed E-state index contributed by atoms with van der Waals surface area (Å²) in [5.41, 5.74) is 2.20. The third-order valence-corrected chi connectivity index (χ3v) is 5.61. The Morgan fingerprint density at radius 2 is 1.68 bits per heavy atom. The molecule has 3 rings (SSSR count). The Kier molecular flexibility index (Phi) is 6.41. The number of nitrogens with zero attached hydrogens (tertiary/aromatic N) is 1. The van der Waals surface area contributed by atoms with Crippen LogP contribution >= 0.6 is 11.6 Å². The van der Waals surface area contributed by atoms with E-state index in [1.54, 1.807) is 30.5 Å².